The lowest BCUT2D eigenvalue weighted by molar-refractivity contribution is -0.135. The summed E-state index contributed by atoms with van der Waals surface area (Å²) in [4.78, 5) is 29.1. The number of carbonyl (C=O) groups is 2. The molecule has 1 aromatic carbocycles. The highest BCUT2D eigenvalue weighted by Crippen LogP contribution is 2.41. The summed E-state index contributed by atoms with van der Waals surface area (Å²) in [6.07, 6.45) is 2.58. The van der Waals surface area contributed by atoms with Crippen LogP contribution >= 0.6 is 0 Å². The number of ether oxygens (including phenoxy) is 1. The van der Waals surface area contributed by atoms with Crippen molar-refractivity contribution >= 4 is 17.6 Å². The second-order valence-electron chi connectivity index (χ2n) is 7.13. The standard InChI is InChI=1S/C19H27N3O3/c1-4-9-21-10-7-19(17(21)23)8-11-22(13-19)18(24)20-15-12-14(2)5-6-16(15)25-3/h5-6,12H,4,7-11,13H2,1-3H3,(H,20,24). The van der Waals surface area contributed by atoms with E-state index in [0.717, 1.165) is 37.9 Å². The summed E-state index contributed by atoms with van der Waals surface area (Å²) in [7, 11) is 1.59. The molecule has 2 saturated heterocycles. The number of hydrogen-bond donors (Lipinski definition) is 1. The van der Waals surface area contributed by atoms with Crippen LogP contribution in [-0.2, 0) is 4.79 Å². The molecule has 1 aromatic rings. The fourth-order valence-electron chi connectivity index (χ4n) is 3.91. The number of benzene rings is 1. The Morgan fingerprint density at radius 2 is 2.08 bits per heavy atom. The van der Waals surface area contributed by atoms with Gasteiger partial charge < -0.3 is 19.9 Å². The molecule has 1 unspecified atom stereocenters. The number of anilines is 1. The number of rotatable bonds is 4. The summed E-state index contributed by atoms with van der Waals surface area (Å²) < 4.78 is 5.32. The van der Waals surface area contributed by atoms with Gasteiger partial charge in [-0.3, -0.25) is 4.79 Å². The fourth-order valence-corrected chi connectivity index (χ4v) is 3.91. The Kier molecular flexibility index (Phi) is 4.88. The van der Waals surface area contributed by atoms with Gasteiger partial charge in [-0.15, -0.1) is 0 Å². The Morgan fingerprint density at radius 3 is 2.80 bits per heavy atom. The van der Waals surface area contributed by atoms with Crippen LogP contribution in [0.2, 0.25) is 0 Å². The average Bonchev–Trinajstić information content (AvgIpc) is 3.16. The van der Waals surface area contributed by atoms with Gasteiger partial charge in [0.2, 0.25) is 5.91 Å². The molecule has 25 heavy (non-hydrogen) atoms. The monoisotopic (exact) mass is 345 g/mol. The first-order chi connectivity index (χ1) is 12.0. The van der Waals surface area contributed by atoms with E-state index in [4.69, 9.17) is 4.74 Å². The van der Waals surface area contributed by atoms with Crippen molar-refractivity contribution in [1.82, 2.24) is 9.80 Å². The van der Waals surface area contributed by atoms with Crippen LogP contribution in [0.15, 0.2) is 18.2 Å². The van der Waals surface area contributed by atoms with E-state index < -0.39 is 0 Å². The van der Waals surface area contributed by atoms with Crippen LogP contribution < -0.4 is 10.1 Å². The van der Waals surface area contributed by atoms with Gasteiger partial charge in [0.25, 0.3) is 0 Å². The van der Waals surface area contributed by atoms with Crippen LogP contribution in [0.25, 0.3) is 0 Å². The molecule has 6 heteroatoms. The van der Waals surface area contributed by atoms with E-state index in [2.05, 4.69) is 12.2 Å². The van der Waals surface area contributed by atoms with Crippen molar-refractivity contribution in [2.24, 2.45) is 5.41 Å². The van der Waals surface area contributed by atoms with Crippen molar-refractivity contribution in [2.45, 2.75) is 33.1 Å². The lowest BCUT2D eigenvalue weighted by atomic mass is 9.85. The zero-order chi connectivity index (χ0) is 18.0. The maximum absolute atomic E-state index is 12.7. The molecule has 3 amide bonds. The molecule has 136 valence electrons. The van der Waals surface area contributed by atoms with Crippen LogP contribution in [-0.4, -0.2) is 55.0 Å². The Balaban J connectivity index is 1.68. The molecule has 1 spiro atoms. The van der Waals surface area contributed by atoms with E-state index in [0.29, 0.717) is 24.5 Å². The van der Waals surface area contributed by atoms with E-state index >= 15 is 0 Å². The molecule has 2 heterocycles. The molecule has 0 bridgehead atoms. The van der Waals surface area contributed by atoms with E-state index in [1.54, 1.807) is 12.0 Å². The van der Waals surface area contributed by atoms with Gasteiger partial charge in [-0.05, 0) is 43.9 Å². The van der Waals surface area contributed by atoms with E-state index in [1.165, 1.54) is 0 Å². The zero-order valence-electron chi connectivity index (χ0n) is 15.3. The highest BCUT2D eigenvalue weighted by molar-refractivity contribution is 5.93. The molecular weight excluding hydrogens is 318 g/mol. The SMILES string of the molecule is CCCN1CCC2(CCN(C(=O)Nc3cc(C)ccc3OC)C2)C1=O. The van der Waals surface area contributed by atoms with Crippen molar-refractivity contribution < 1.29 is 14.3 Å². The number of likely N-dealkylation sites (tertiary alicyclic amines) is 2. The molecule has 6 nitrogen and oxygen atoms in total. The Hall–Kier alpha value is -2.24. The second kappa shape index (κ2) is 6.94. The normalized spacial score (nSPS) is 22.8. The molecule has 0 saturated carbocycles. The van der Waals surface area contributed by atoms with Gasteiger partial charge in [0.1, 0.15) is 5.75 Å². The second-order valence-corrected chi connectivity index (χ2v) is 7.13. The minimum atomic E-state index is -0.372. The van der Waals surface area contributed by atoms with Gasteiger partial charge in [-0.1, -0.05) is 13.0 Å². The molecule has 3 rings (SSSR count). The number of hydrogen-bond acceptors (Lipinski definition) is 3. The smallest absolute Gasteiger partial charge is 0.321 e. The number of aryl methyl sites for hydroxylation is 1. The summed E-state index contributed by atoms with van der Waals surface area (Å²) in [5.41, 5.74) is 1.34. The van der Waals surface area contributed by atoms with Gasteiger partial charge in [0, 0.05) is 26.2 Å². The van der Waals surface area contributed by atoms with Crippen molar-refractivity contribution in [2.75, 3.05) is 38.6 Å². The molecule has 2 fully saturated rings. The Labute approximate surface area is 149 Å². The quantitative estimate of drug-likeness (QED) is 0.913. The number of nitrogens with zero attached hydrogens (tertiary/aromatic N) is 2. The lowest BCUT2D eigenvalue weighted by Crippen LogP contribution is -2.39. The minimum Gasteiger partial charge on any atom is -0.495 e. The third kappa shape index (κ3) is 3.30. The first kappa shape index (κ1) is 17.6. The maximum Gasteiger partial charge on any atom is 0.321 e. The molecule has 0 aromatic heterocycles. The predicted octanol–water partition coefficient (Wildman–Crippen LogP) is 2.87. The third-order valence-corrected chi connectivity index (χ3v) is 5.33. The molecule has 1 atom stereocenters. The van der Waals surface area contributed by atoms with Gasteiger partial charge >= 0.3 is 6.03 Å². The minimum absolute atomic E-state index is 0.164. The van der Waals surface area contributed by atoms with Crippen LogP contribution in [0.5, 0.6) is 5.75 Å². The first-order valence-electron chi connectivity index (χ1n) is 8.99. The largest absolute Gasteiger partial charge is 0.495 e. The number of urea groups is 1. The number of amides is 3. The summed E-state index contributed by atoms with van der Waals surface area (Å²) in [6, 6.07) is 5.52. The Morgan fingerprint density at radius 1 is 1.32 bits per heavy atom. The molecule has 0 radical (unpaired) electrons. The van der Waals surface area contributed by atoms with Crippen molar-refractivity contribution in [3.05, 3.63) is 23.8 Å². The third-order valence-electron chi connectivity index (χ3n) is 5.33. The van der Waals surface area contributed by atoms with Crippen molar-refractivity contribution in [3.63, 3.8) is 0 Å². The van der Waals surface area contributed by atoms with Crippen LogP contribution in [0.1, 0.15) is 31.7 Å². The van der Waals surface area contributed by atoms with Gasteiger partial charge in [-0.2, -0.15) is 0 Å². The summed E-state index contributed by atoms with van der Waals surface area (Å²) in [5, 5.41) is 2.94. The highest BCUT2D eigenvalue weighted by Gasteiger charge is 2.51. The highest BCUT2D eigenvalue weighted by atomic mass is 16.5. The van der Waals surface area contributed by atoms with Crippen LogP contribution in [0, 0.1) is 12.3 Å². The fraction of sp³-hybridized carbons (Fsp3) is 0.579. The van der Waals surface area contributed by atoms with Gasteiger partial charge in [-0.25, -0.2) is 4.79 Å². The van der Waals surface area contributed by atoms with Crippen molar-refractivity contribution in [3.8, 4) is 5.75 Å². The van der Waals surface area contributed by atoms with Gasteiger partial charge in [0.05, 0.1) is 18.2 Å². The molecule has 1 N–H and O–H groups in total. The molecule has 0 aliphatic carbocycles. The van der Waals surface area contributed by atoms with E-state index in [1.807, 2.05) is 30.0 Å². The van der Waals surface area contributed by atoms with Crippen molar-refractivity contribution in [1.29, 1.82) is 0 Å². The van der Waals surface area contributed by atoms with E-state index in [9.17, 15) is 9.59 Å². The lowest BCUT2D eigenvalue weighted by Gasteiger charge is -2.24. The van der Waals surface area contributed by atoms with E-state index in [-0.39, 0.29) is 17.4 Å². The van der Waals surface area contributed by atoms with Crippen LogP contribution in [0.3, 0.4) is 0 Å². The molecule has 2 aliphatic heterocycles. The molecule has 2 aliphatic rings. The number of methoxy groups -OCH3 is 1. The zero-order valence-corrected chi connectivity index (χ0v) is 15.3. The predicted molar refractivity (Wildman–Crippen MR) is 96.9 cm³/mol. The Bertz CT molecular complexity index is 676. The van der Waals surface area contributed by atoms with Gasteiger partial charge in [0.15, 0.2) is 0 Å². The maximum atomic E-state index is 12.7. The topological polar surface area (TPSA) is 61.9 Å². The van der Waals surface area contributed by atoms with Crippen LogP contribution in [0.4, 0.5) is 10.5 Å². The summed E-state index contributed by atoms with van der Waals surface area (Å²) in [6.45, 7) is 6.81. The molecular formula is C19H27N3O3. The number of carbonyl (C=O) groups excluding carboxylic acids is 2. The first-order valence-corrected chi connectivity index (χ1v) is 8.99. The summed E-state index contributed by atoms with van der Waals surface area (Å²) in [5.74, 6) is 0.858. The average molecular weight is 345 g/mol. The number of nitrogens with one attached hydrogen (secondary N) is 1. The summed E-state index contributed by atoms with van der Waals surface area (Å²) >= 11 is 0.